The molecule has 3 N–H and O–H groups in total. The van der Waals surface area contributed by atoms with Gasteiger partial charge in [-0.25, -0.2) is 0 Å². The van der Waals surface area contributed by atoms with Crippen molar-refractivity contribution in [1.29, 1.82) is 0 Å². The summed E-state index contributed by atoms with van der Waals surface area (Å²) < 4.78 is 5.76. The third-order valence-corrected chi connectivity index (χ3v) is 6.68. The van der Waals surface area contributed by atoms with Gasteiger partial charge in [0.15, 0.2) is 11.4 Å². The maximum absolute atomic E-state index is 12.8. The second-order valence-corrected chi connectivity index (χ2v) is 9.55. The van der Waals surface area contributed by atoms with Gasteiger partial charge in [-0.15, -0.1) is 0 Å². The monoisotopic (exact) mass is 520 g/mol. The molecule has 0 saturated carbocycles. The van der Waals surface area contributed by atoms with Crippen LogP contribution in [0.5, 0.6) is 0 Å². The Balaban J connectivity index is 1.23. The molecule has 5 rings (SSSR count). The Bertz CT molecular complexity index is 1590. The number of carboxylic acids is 1. The van der Waals surface area contributed by atoms with Crippen molar-refractivity contribution in [2.45, 2.75) is 25.9 Å². The van der Waals surface area contributed by atoms with Crippen LogP contribution in [-0.4, -0.2) is 26.9 Å². The van der Waals surface area contributed by atoms with Crippen molar-refractivity contribution in [2.75, 3.05) is 5.32 Å². The van der Waals surface area contributed by atoms with E-state index in [0.29, 0.717) is 29.1 Å². The van der Waals surface area contributed by atoms with Crippen molar-refractivity contribution in [3.63, 3.8) is 0 Å². The van der Waals surface area contributed by atoms with Crippen LogP contribution in [0.1, 0.15) is 40.9 Å². The molecule has 0 aliphatic carbocycles. The van der Waals surface area contributed by atoms with E-state index in [4.69, 9.17) is 4.42 Å². The van der Waals surface area contributed by atoms with Gasteiger partial charge in [0.05, 0.1) is 12.0 Å². The molecule has 196 valence electrons. The topological polar surface area (TPSA) is 113 Å². The standard InChI is InChI=1S/C32H28N2O5/c1-20(35)25-13-16-30-28(18-25)34-32(39-30)33-27-14-11-23(12-15-27)22-7-9-24(10-8-22)29(36)19-26(31(37)38)17-21-5-3-2-4-6-21/h2-16,18,20,26,35H,17,19H2,1H3,(H,33,34)(H,37,38). The van der Waals surface area contributed by atoms with Crippen LogP contribution in [0.3, 0.4) is 0 Å². The molecular formula is C32H28N2O5. The summed E-state index contributed by atoms with van der Waals surface area (Å²) in [5.41, 5.74) is 6.15. The number of anilines is 2. The van der Waals surface area contributed by atoms with Crippen LogP contribution in [0.15, 0.2) is 101 Å². The van der Waals surface area contributed by atoms with E-state index in [2.05, 4.69) is 10.3 Å². The number of ketones is 1. The zero-order valence-electron chi connectivity index (χ0n) is 21.4. The number of aliphatic carboxylic acids is 1. The van der Waals surface area contributed by atoms with Crippen molar-refractivity contribution in [1.82, 2.24) is 4.98 Å². The number of hydrogen-bond donors (Lipinski definition) is 3. The quantitative estimate of drug-likeness (QED) is 0.173. The Kier molecular flexibility index (Phi) is 7.52. The Morgan fingerprint density at radius 2 is 1.56 bits per heavy atom. The minimum atomic E-state index is -0.972. The first-order valence-electron chi connectivity index (χ1n) is 12.7. The van der Waals surface area contributed by atoms with Gasteiger partial charge in [0.2, 0.25) is 0 Å². The van der Waals surface area contributed by atoms with Gasteiger partial charge in [-0.3, -0.25) is 9.59 Å². The van der Waals surface area contributed by atoms with Crippen molar-refractivity contribution >= 4 is 34.6 Å². The summed E-state index contributed by atoms with van der Waals surface area (Å²) >= 11 is 0. The molecule has 7 nitrogen and oxygen atoms in total. The van der Waals surface area contributed by atoms with E-state index >= 15 is 0 Å². The van der Waals surface area contributed by atoms with E-state index in [1.165, 1.54) is 0 Å². The van der Waals surface area contributed by atoms with Gasteiger partial charge in [0, 0.05) is 17.7 Å². The molecule has 0 amide bonds. The zero-order valence-corrected chi connectivity index (χ0v) is 21.4. The number of carbonyl (C=O) groups is 2. The van der Waals surface area contributed by atoms with E-state index in [0.717, 1.165) is 27.9 Å². The number of carbonyl (C=O) groups excluding carboxylic acids is 1. The van der Waals surface area contributed by atoms with Gasteiger partial charge >= 0.3 is 5.97 Å². The smallest absolute Gasteiger partial charge is 0.307 e. The SMILES string of the molecule is CC(O)c1ccc2oc(Nc3ccc(-c4ccc(C(=O)CC(Cc5ccccc5)C(=O)O)cc4)cc3)nc2c1. The fourth-order valence-electron chi connectivity index (χ4n) is 4.46. The van der Waals surface area contributed by atoms with E-state index in [1.54, 1.807) is 31.2 Å². The molecule has 7 heteroatoms. The van der Waals surface area contributed by atoms with E-state index in [-0.39, 0.29) is 12.2 Å². The number of nitrogens with zero attached hydrogens (tertiary/aromatic N) is 1. The highest BCUT2D eigenvalue weighted by atomic mass is 16.4. The second kappa shape index (κ2) is 11.3. The maximum Gasteiger partial charge on any atom is 0.307 e. The van der Waals surface area contributed by atoms with Crippen molar-refractivity contribution in [3.8, 4) is 11.1 Å². The molecule has 1 aromatic heterocycles. The lowest BCUT2D eigenvalue weighted by Gasteiger charge is -2.12. The molecule has 2 unspecified atom stereocenters. The number of aliphatic hydroxyl groups is 1. The first-order valence-corrected chi connectivity index (χ1v) is 12.7. The maximum atomic E-state index is 12.8. The number of aliphatic hydroxyl groups excluding tert-OH is 1. The number of hydrogen-bond acceptors (Lipinski definition) is 6. The summed E-state index contributed by atoms with van der Waals surface area (Å²) in [6.07, 6.45) is -0.323. The Labute approximate surface area is 225 Å². The highest BCUT2D eigenvalue weighted by Gasteiger charge is 2.22. The van der Waals surface area contributed by atoms with Crippen LogP contribution in [-0.2, 0) is 11.2 Å². The third kappa shape index (κ3) is 6.22. The lowest BCUT2D eigenvalue weighted by molar-refractivity contribution is -0.141. The van der Waals surface area contributed by atoms with Crippen molar-refractivity contribution in [3.05, 3.63) is 114 Å². The molecule has 0 fully saturated rings. The minimum absolute atomic E-state index is 0.0555. The fourth-order valence-corrected chi connectivity index (χ4v) is 4.46. The summed E-state index contributed by atoms with van der Waals surface area (Å²) in [5, 5.41) is 22.6. The molecule has 4 aromatic carbocycles. The first-order chi connectivity index (χ1) is 18.9. The van der Waals surface area contributed by atoms with E-state index in [1.807, 2.05) is 72.8 Å². The molecule has 2 atom stereocenters. The lowest BCUT2D eigenvalue weighted by atomic mass is 9.91. The molecule has 0 aliphatic heterocycles. The minimum Gasteiger partial charge on any atom is -0.481 e. The number of aromatic nitrogens is 1. The molecule has 0 radical (unpaired) electrons. The van der Waals surface area contributed by atoms with Gasteiger partial charge in [-0.2, -0.15) is 4.98 Å². The number of rotatable bonds is 10. The molecular weight excluding hydrogens is 492 g/mol. The van der Waals surface area contributed by atoms with Crippen LogP contribution >= 0.6 is 0 Å². The summed E-state index contributed by atoms with van der Waals surface area (Å²) in [6.45, 7) is 1.70. The van der Waals surface area contributed by atoms with Gasteiger partial charge in [-0.1, -0.05) is 72.8 Å². The fraction of sp³-hybridized carbons (Fsp3) is 0.156. The Morgan fingerprint density at radius 1 is 0.897 bits per heavy atom. The van der Waals surface area contributed by atoms with Crippen LogP contribution in [0, 0.1) is 5.92 Å². The van der Waals surface area contributed by atoms with Crippen LogP contribution in [0.2, 0.25) is 0 Å². The lowest BCUT2D eigenvalue weighted by Crippen LogP contribution is -2.20. The number of benzene rings is 4. The molecule has 0 spiro atoms. The van der Waals surface area contributed by atoms with Gasteiger partial charge < -0.3 is 19.9 Å². The van der Waals surface area contributed by atoms with Crippen LogP contribution in [0.25, 0.3) is 22.2 Å². The normalized spacial score (nSPS) is 12.7. The van der Waals surface area contributed by atoms with Gasteiger partial charge in [0.1, 0.15) is 5.52 Å². The summed E-state index contributed by atoms with van der Waals surface area (Å²) in [4.78, 5) is 29.0. The van der Waals surface area contributed by atoms with Crippen molar-refractivity contribution in [2.24, 2.45) is 5.92 Å². The molecule has 39 heavy (non-hydrogen) atoms. The third-order valence-electron chi connectivity index (χ3n) is 6.68. The van der Waals surface area contributed by atoms with Crippen LogP contribution < -0.4 is 5.32 Å². The second-order valence-electron chi connectivity index (χ2n) is 9.55. The summed E-state index contributed by atoms with van der Waals surface area (Å²) in [6, 6.07) is 30.0. The average Bonchev–Trinajstić information content (AvgIpc) is 3.35. The average molecular weight is 521 g/mol. The molecule has 1 heterocycles. The summed E-state index contributed by atoms with van der Waals surface area (Å²) in [7, 11) is 0. The zero-order chi connectivity index (χ0) is 27.4. The first kappa shape index (κ1) is 25.9. The largest absolute Gasteiger partial charge is 0.481 e. The van der Waals surface area contributed by atoms with Gasteiger partial charge in [-0.05, 0) is 59.9 Å². The number of nitrogens with one attached hydrogen (secondary N) is 1. The van der Waals surface area contributed by atoms with Crippen molar-refractivity contribution < 1.29 is 24.2 Å². The Morgan fingerprint density at radius 3 is 2.21 bits per heavy atom. The molecule has 0 saturated heterocycles. The molecule has 5 aromatic rings. The predicted molar refractivity (Wildman–Crippen MR) is 150 cm³/mol. The highest BCUT2D eigenvalue weighted by molar-refractivity contribution is 5.98. The summed E-state index contributed by atoms with van der Waals surface area (Å²) in [5.74, 6) is -1.94. The van der Waals surface area contributed by atoms with E-state index < -0.39 is 18.0 Å². The number of oxazole rings is 1. The Hall–Kier alpha value is -4.75. The number of Topliss-reactive ketones (excluding diaryl/α,β-unsaturated/α-hetero) is 1. The molecule has 0 aliphatic rings. The number of carboxylic acid groups (broad SMARTS) is 1. The predicted octanol–water partition coefficient (Wildman–Crippen LogP) is 6.81. The van der Waals surface area contributed by atoms with E-state index in [9.17, 15) is 19.8 Å². The van der Waals surface area contributed by atoms with Crippen LogP contribution in [0.4, 0.5) is 11.7 Å². The highest BCUT2D eigenvalue weighted by Crippen LogP contribution is 2.27. The number of fused-ring (bicyclic) bond motifs is 1. The van der Waals surface area contributed by atoms with Gasteiger partial charge in [0.25, 0.3) is 6.01 Å². The molecule has 0 bridgehead atoms.